The Balaban J connectivity index is 1.74. The summed E-state index contributed by atoms with van der Waals surface area (Å²) in [7, 11) is 0. The Kier molecular flexibility index (Phi) is 6.44. The minimum Gasteiger partial charge on any atom is -0.449 e. The molecule has 1 aliphatic rings. The number of rotatable bonds is 5. The van der Waals surface area contributed by atoms with E-state index in [0.717, 1.165) is 25.7 Å². The number of nitriles is 1. The summed E-state index contributed by atoms with van der Waals surface area (Å²) in [5.41, 5.74) is 2.09. The van der Waals surface area contributed by atoms with Crippen LogP contribution in [0.3, 0.4) is 0 Å². The third kappa shape index (κ3) is 4.58. The molecule has 0 aromatic heterocycles. The van der Waals surface area contributed by atoms with Gasteiger partial charge in [0, 0.05) is 11.6 Å². The molecule has 0 aliphatic heterocycles. The van der Waals surface area contributed by atoms with E-state index < -0.39 is 12.1 Å². The number of esters is 1. The van der Waals surface area contributed by atoms with Crippen LogP contribution in [0.2, 0.25) is 0 Å². The summed E-state index contributed by atoms with van der Waals surface area (Å²) < 4.78 is 5.44. The number of hydrogen-bond acceptors (Lipinski definition) is 4. The van der Waals surface area contributed by atoms with Gasteiger partial charge in [-0.2, -0.15) is 5.26 Å². The van der Waals surface area contributed by atoms with Gasteiger partial charge < -0.3 is 10.1 Å². The van der Waals surface area contributed by atoms with E-state index in [4.69, 9.17) is 4.74 Å². The van der Waals surface area contributed by atoms with Gasteiger partial charge in [0.25, 0.3) is 5.91 Å². The summed E-state index contributed by atoms with van der Waals surface area (Å²) in [6, 6.07) is 16.4. The normalized spacial score (nSPS) is 15.3. The molecule has 0 heterocycles. The van der Waals surface area contributed by atoms with Crippen molar-refractivity contribution in [1.82, 2.24) is 5.32 Å². The van der Waals surface area contributed by atoms with Gasteiger partial charge in [-0.15, -0.1) is 0 Å². The molecule has 0 unspecified atom stereocenters. The van der Waals surface area contributed by atoms with Crippen LogP contribution in [0.5, 0.6) is 0 Å². The smallest absolute Gasteiger partial charge is 0.339 e. The van der Waals surface area contributed by atoms with Gasteiger partial charge in [0.15, 0.2) is 6.10 Å². The van der Waals surface area contributed by atoms with E-state index in [1.165, 1.54) is 6.42 Å². The molecule has 1 fully saturated rings. The van der Waals surface area contributed by atoms with Gasteiger partial charge in [0.05, 0.1) is 17.2 Å². The predicted octanol–water partition coefficient (Wildman–Crippen LogP) is 4.22. The van der Waals surface area contributed by atoms with Gasteiger partial charge in [0.2, 0.25) is 0 Å². The van der Waals surface area contributed by atoms with Crippen LogP contribution in [-0.2, 0) is 9.53 Å². The van der Waals surface area contributed by atoms with Crippen LogP contribution in [0.15, 0.2) is 48.5 Å². The zero-order chi connectivity index (χ0) is 19.9. The van der Waals surface area contributed by atoms with Gasteiger partial charge in [-0.25, -0.2) is 4.79 Å². The largest absolute Gasteiger partial charge is 0.449 e. The third-order valence-corrected chi connectivity index (χ3v) is 5.09. The van der Waals surface area contributed by atoms with Crippen LogP contribution in [0.25, 0.3) is 11.1 Å². The van der Waals surface area contributed by atoms with E-state index >= 15 is 0 Å². The fourth-order valence-corrected chi connectivity index (χ4v) is 3.55. The fourth-order valence-electron chi connectivity index (χ4n) is 3.55. The van der Waals surface area contributed by atoms with Crippen molar-refractivity contribution in [3.63, 3.8) is 0 Å². The number of amides is 1. The second-order valence-corrected chi connectivity index (χ2v) is 7.09. The lowest BCUT2D eigenvalue weighted by Crippen LogP contribution is -2.42. The standard InChI is InChI=1S/C23H24N2O3/c1-16(22(26)25-18-10-3-2-4-11-18)28-23(27)21-14-8-7-13-20(21)19-12-6-5-9-17(19)15-24/h5-9,12-14,16,18H,2-4,10-11H2,1H3,(H,25,26)/t16-/m1/s1. The first-order valence-corrected chi connectivity index (χ1v) is 9.70. The molecule has 0 radical (unpaired) electrons. The molecule has 28 heavy (non-hydrogen) atoms. The van der Waals surface area contributed by atoms with Crippen molar-refractivity contribution < 1.29 is 14.3 Å². The number of nitrogens with zero attached hydrogens (tertiary/aromatic N) is 1. The Hall–Kier alpha value is -3.13. The van der Waals surface area contributed by atoms with E-state index in [9.17, 15) is 14.9 Å². The van der Waals surface area contributed by atoms with Crippen LogP contribution in [0.1, 0.15) is 54.9 Å². The molecular formula is C23H24N2O3. The molecule has 0 bridgehead atoms. The molecule has 5 heteroatoms. The number of hydrogen-bond donors (Lipinski definition) is 1. The molecule has 0 spiro atoms. The number of ether oxygens (including phenoxy) is 1. The Labute approximate surface area is 165 Å². The van der Waals surface area contributed by atoms with Crippen molar-refractivity contribution in [3.05, 3.63) is 59.7 Å². The molecule has 5 nitrogen and oxygen atoms in total. The van der Waals surface area contributed by atoms with Gasteiger partial charge in [-0.1, -0.05) is 55.7 Å². The van der Waals surface area contributed by atoms with Crippen LogP contribution in [0, 0.1) is 11.3 Å². The number of nitrogens with one attached hydrogen (secondary N) is 1. The highest BCUT2D eigenvalue weighted by Gasteiger charge is 2.24. The molecule has 1 amide bonds. The van der Waals surface area contributed by atoms with E-state index in [-0.39, 0.29) is 11.9 Å². The van der Waals surface area contributed by atoms with E-state index in [1.54, 1.807) is 49.4 Å². The number of carbonyl (C=O) groups is 2. The Morgan fingerprint density at radius 2 is 1.68 bits per heavy atom. The summed E-state index contributed by atoms with van der Waals surface area (Å²) in [4.78, 5) is 25.2. The average Bonchev–Trinajstić information content (AvgIpc) is 2.74. The van der Waals surface area contributed by atoms with Crippen molar-refractivity contribution in [1.29, 1.82) is 5.26 Å². The summed E-state index contributed by atoms with van der Waals surface area (Å²) >= 11 is 0. The second-order valence-electron chi connectivity index (χ2n) is 7.09. The lowest BCUT2D eigenvalue weighted by atomic mass is 9.95. The SMILES string of the molecule is C[C@@H](OC(=O)c1ccccc1-c1ccccc1C#N)C(=O)NC1CCCCC1. The van der Waals surface area contributed by atoms with Gasteiger partial charge >= 0.3 is 5.97 Å². The average molecular weight is 376 g/mol. The van der Waals surface area contributed by atoms with Crippen LogP contribution >= 0.6 is 0 Å². The Morgan fingerprint density at radius 1 is 1.04 bits per heavy atom. The Bertz CT molecular complexity index is 895. The summed E-state index contributed by atoms with van der Waals surface area (Å²) in [6.45, 7) is 1.59. The van der Waals surface area contributed by atoms with E-state index in [1.807, 2.05) is 6.07 Å². The minimum atomic E-state index is -0.881. The summed E-state index contributed by atoms with van der Waals surface area (Å²) in [6.07, 6.45) is 4.50. The molecule has 3 rings (SSSR count). The lowest BCUT2D eigenvalue weighted by molar-refractivity contribution is -0.130. The maximum Gasteiger partial charge on any atom is 0.339 e. The third-order valence-electron chi connectivity index (χ3n) is 5.09. The van der Waals surface area contributed by atoms with E-state index in [2.05, 4.69) is 11.4 Å². The molecule has 0 saturated heterocycles. The number of carbonyl (C=O) groups excluding carboxylic acids is 2. The molecule has 1 atom stereocenters. The maximum absolute atomic E-state index is 12.8. The number of benzene rings is 2. The topological polar surface area (TPSA) is 79.2 Å². The molecule has 1 N–H and O–H groups in total. The van der Waals surface area contributed by atoms with Crippen molar-refractivity contribution in [2.24, 2.45) is 0 Å². The lowest BCUT2D eigenvalue weighted by Gasteiger charge is -2.24. The summed E-state index contributed by atoms with van der Waals surface area (Å²) in [5, 5.41) is 12.3. The first-order valence-electron chi connectivity index (χ1n) is 9.70. The molecule has 2 aromatic carbocycles. The predicted molar refractivity (Wildman–Crippen MR) is 106 cm³/mol. The molecule has 144 valence electrons. The zero-order valence-electron chi connectivity index (χ0n) is 16.0. The van der Waals surface area contributed by atoms with Gasteiger partial charge in [0.1, 0.15) is 0 Å². The molecule has 1 aliphatic carbocycles. The minimum absolute atomic E-state index is 0.164. The first-order chi connectivity index (χ1) is 13.6. The van der Waals surface area contributed by atoms with Crippen LogP contribution < -0.4 is 5.32 Å². The van der Waals surface area contributed by atoms with Crippen LogP contribution in [0.4, 0.5) is 0 Å². The van der Waals surface area contributed by atoms with Gasteiger partial charge in [-0.3, -0.25) is 4.79 Å². The van der Waals surface area contributed by atoms with Crippen molar-refractivity contribution in [2.45, 2.75) is 51.2 Å². The maximum atomic E-state index is 12.8. The van der Waals surface area contributed by atoms with E-state index in [0.29, 0.717) is 22.3 Å². The van der Waals surface area contributed by atoms with Crippen LogP contribution in [-0.4, -0.2) is 24.0 Å². The highest BCUT2D eigenvalue weighted by molar-refractivity contribution is 5.99. The van der Waals surface area contributed by atoms with Crippen molar-refractivity contribution in [2.75, 3.05) is 0 Å². The highest BCUT2D eigenvalue weighted by atomic mass is 16.5. The fraction of sp³-hybridized carbons (Fsp3) is 0.348. The zero-order valence-corrected chi connectivity index (χ0v) is 16.0. The first kappa shape index (κ1) is 19.6. The quantitative estimate of drug-likeness (QED) is 0.793. The van der Waals surface area contributed by atoms with Crippen molar-refractivity contribution in [3.8, 4) is 17.2 Å². The monoisotopic (exact) mass is 376 g/mol. The molecule has 2 aromatic rings. The molecular weight excluding hydrogens is 352 g/mol. The summed E-state index contributed by atoms with van der Waals surface area (Å²) in [5.74, 6) is -0.843. The van der Waals surface area contributed by atoms with Gasteiger partial charge in [-0.05, 0) is 37.5 Å². The second kappa shape index (κ2) is 9.18. The highest BCUT2D eigenvalue weighted by Crippen LogP contribution is 2.27. The van der Waals surface area contributed by atoms with Crippen molar-refractivity contribution >= 4 is 11.9 Å². The molecule has 1 saturated carbocycles. The Morgan fingerprint density at radius 3 is 2.39 bits per heavy atom.